The summed E-state index contributed by atoms with van der Waals surface area (Å²) in [4.78, 5) is 13.2. The second-order valence-electron chi connectivity index (χ2n) is 3.86. The zero-order valence-corrected chi connectivity index (χ0v) is 8.11. The van der Waals surface area contributed by atoms with Gasteiger partial charge < -0.3 is 9.84 Å². The number of amides is 1. The van der Waals surface area contributed by atoms with Crippen molar-refractivity contribution in [1.82, 2.24) is 4.90 Å². The van der Waals surface area contributed by atoms with Gasteiger partial charge in [0.25, 0.3) is 0 Å². The van der Waals surface area contributed by atoms with Crippen molar-refractivity contribution in [1.29, 1.82) is 0 Å². The predicted octanol–water partition coefficient (Wildman–Crippen LogP) is 0.908. The second kappa shape index (κ2) is 3.61. The molecule has 0 aliphatic carbocycles. The molecule has 2 fully saturated rings. The molecule has 78 valence electrons. The molecule has 2 saturated heterocycles. The highest BCUT2D eigenvalue weighted by Crippen LogP contribution is 2.32. The van der Waals surface area contributed by atoms with E-state index in [2.05, 4.69) is 6.58 Å². The third-order valence-corrected chi connectivity index (χ3v) is 3.04. The van der Waals surface area contributed by atoms with E-state index in [9.17, 15) is 4.79 Å². The van der Waals surface area contributed by atoms with Crippen LogP contribution < -0.4 is 0 Å². The highest BCUT2D eigenvalue weighted by atomic mass is 16.6. The summed E-state index contributed by atoms with van der Waals surface area (Å²) in [5, 5.41) is 8.89. The zero-order valence-electron chi connectivity index (χ0n) is 8.11. The van der Waals surface area contributed by atoms with Crippen molar-refractivity contribution in [2.75, 3.05) is 13.2 Å². The van der Waals surface area contributed by atoms with Gasteiger partial charge >= 0.3 is 6.09 Å². The Hall–Kier alpha value is -1.03. The van der Waals surface area contributed by atoms with E-state index in [1.807, 2.05) is 0 Å². The molecule has 14 heavy (non-hydrogen) atoms. The van der Waals surface area contributed by atoms with Gasteiger partial charge in [-0.25, -0.2) is 4.79 Å². The molecule has 2 aliphatic heterocycles. The van der Waals surface area contributed by atoms with E-state index in [1.165, 1.54) is 0 Å². The lowest BCUT2D eigenvalue weighted by Gasteiger charge is -2.36. The summed E-state index contributed by atoms with van der Waals surface area (Å²) < 4.78 is 4.99. The first-order chi connectivity index (χ1) is 6.74. The van der Waals surface area contributed by atoms with Gasteiger partial charge in [-0.05, 0) is 19.3 Å². The number of carbonyl (C=O) groups is 1. The van der Waals surface area contributed by atoms with Crippen LogP contribution in [0.5, 0.6) is 0 Å². The maximum atomic E-state index is 11.4. The molecule has 0 bridgehead atoms. The monoisotopic (exact) mass is 197 g/mol. The molecule has 0 aromatic rings. The lowest BCUT2D eigenvalue weighted by Crippen LogP contribution is -2.46. The van der Waals surface area contributed by atoms with Gasteiger partial charge in [0.1, 0.15) is 6.61 Å². The number of aliphatic hydroxyl groups is 1. The average molecular weight is 197 g/mol. The summed E-state index contributed by atoms with van der Waals surface area (Å²) in [6.45, 7) is 4.50. The minimum Gasteiger partial charge on any atom is -0.447 e. The first-order valence-electron chi connectivity index (χ1n) is 4.97. The Labute approximate surface area is 83.2 Å². The zero-order chi connectivity index (χ0) is 10.1. The Balaban J connectivity index is 2.14. The Kier molecular flexibility index (Phi) is 2.46. The molecule has 2 unspecified atom stereocenters. The van der Waals surface area contributed by atoms with Gasteiger partial charge in [0, 0.05) is 12.6 Å². The third kappa shape index (κ3) is 1.39. The van der Waals surface area contributed by atoms with Crippen LogP contribution in [0.1, 0.15) is 19.3 Å². The van der Waals surface area contributed by atoms with Crippen LogP contribution in [0.4, 0.5) is 4.79 Å². The van der Waals surface area contributed by atoms with Crippen molar-refractivity contribution in [2.24, 2.45) is 0 Å². The Bertz CT molecular complexity index is 264. The molecule has 0 aromatic heterocycles. The minimum absolute atomic E-state index is 0.0489. The normalized spacial score (nSPS) is 31.6. The molecule has 0 radical (unpaired) electrons. The smallest absolute Gasteiger partial charge is 0.410 e. The van der Waals surface area contributed by atoms with Crippen LogP contribution in [0.15, 0.2) is 12.2 Å². The second-order valence-corrected chi connectivity index (χ2v) is 3.86. The van der Waals surface area contributed by atoms with Crippen LogP contribution in [0.25, 0.3) is 0 Å². The molecule has 2 atom stereocenters. The summed E-state index contributed by atoms with van der Waals surface area (Å²) in [6.07, 6.45) is 2.21. The molecule has 2 aliphatic rings. The average Bonchev–Trinajstić information content (AvgIpc) is 2.55. The number of hydrogen-bond donors (Lipinski definition) is 1. The summed E-state index contributed by atoms with van der Waals surface area (Å²) >= 11 is 0. The molecule has 1 N–H and O–H groups in total. The number of ether oxygens (including phenoxy) is 1. The summed E-state index contributed by atoms with van der Waals surface area (Å²) in [6, 6.07) is 0.179. The van der Waals surface area contributed by atoms with Crippen LogP contribution in [0.2, 0.25) is 0 Å². The van der Waals surface area contributed by atoms with E-state index >= 15 is 0 Å². The Morgan fingerprint density at radius 2 is 2.43 bits per heavy atom. The number of carbonyl (C=O) groups excluding carboxylic acids is 1. The molecule has 2 rings (SSSR count). The predicted molar refractivity (Wildman–Crippen MR) is 50.8 cm³/mol. The van der Waals surface area contributed by atoms with Crippen LogP contribution in [-0.4, -0.2) is 41.4 Å². The van der Waals surface area contributed by atoms with E-state index in [0.717, 1.165) is 18.4 Å². The van der Waals surface area contributed by atoms with Crippen LogP contribution in [0.3, 0.4) is 0 Å². The molecule has 4 heteroatoms. The quantitative estimate of drug-likeness (QED) is 0.669. The van der Waals surface area contributed by atoms with Crippen LogP contribution >= 0.6 is 0 Å². The molecule has 0 spiro atoms. The van der Waals surface area contributed by atoms with Crippen molar-refractivity contribution in [2.45, 2.75) is 31.3 Å². The minimum atomic E-state index is -0.255. The topological polar surface area (TPSA) is 49.8 Å². The van der Waals surface area contributed by atoms with Crippen molar-refractivity contribution in [3.8, 4) is 0 Å². The van der Waals surface area contributed by atoms with Crippen molar-refractivity contribution in [3.05, 3.63) is 12.2 Å². The molecule has 2 heterocycles. The number of cyclic esters (lactones) is 1. The summed E-state index contributed by atoms with van der Waals surface area (Å²) in [5.41, 5.74) is 1.07. The molecule has 0 saturated carbocycles. The van der Waals surface area contributed by atoms with E-state index < -0.39 is 0 Å². The first kappa shape index (κ1) is 9.52. The standard InChI is InChI=1S/C10H15NO3/c1-7-2-3-8(4-5-12)11-9(7)6-14-10(11)13/h8-9,12H,1-6H2. The molecule has 1 amide bonds. The molecular formula is C10H15NO3. The van der Waals surface area contributed by atoms with Crippen LogP contribution in [-0.2, 0) is 4.74 Å². The fourth-order valence-corrected chi connectivity index (χ4v) is 2.24. The van der Waals surface area contributed by atoms with Gasteiger partial charge in [-0.3, -0.25) is 4.90 Å². The van der Waals surface area contributed by atoms with Gasteiger partial charge in [-0.2, -0.15) is 0 Å². The molecule has 0 aromatic carbocycles. The van der Waals surface area contributed by atoms with Gasteiger partial charge in [0.15, 0.2) is 0 Å². The number of hydrogen-bond acceptors (Lipinski definition) is 3. The number of nitrogens with zero attached hydrogens (tertiary/aromatic N) is 1. The Morgan fingerprint density at radius 1 is 1.64 bits per heavy atom. The third-order valence-electron chi connectivity index (χ3n) is 3.04. The van der Waals surface area contributed by atoms with Gasteiger partial charge in [-0.1, -0.05) is 12.2 Å². The fraction of sp³-hybridized carbons (Fsp3) is 0.700. The molecular weight excluding hydrogens is 182 g/mol. The van der Waals surface area contributed by atoms with E-state index in [-0.39, 0.29) is 24.8 Å². The van der Waals surface area contributed by atoms with E-state index in [4.69, 9.17) is 9.84 Å². The van der Waals surface area contributed by atoms with Gasteiger partial charge in [0.05, 0.1) is 6.04 Å². The summed E-state index contributed by atoms with van der Waals surface area (Å²) in [7, 11) is 0. The van der Waals surface area contributed by atoms with E-state index in [0.29, 0.717) is 13.0 Å². The Morgan fingerprint density at radius 3 is 3.14 bits per heavy atom. The van der Waals surface area contributed by atoms with Crippen molar-refractivity contribution < 1.29 is 14.6 Å². The number of aliphatic hydroxyl groups excluding tert-OH is 1. The number of fused-ring (bicyclic) bond motifs is 1. The highest BCUT2D eigenvalue weighted by molar-refractivity contribution is 5.71. The molecule has 4 nitrogen and oxygen atoms in total. The van der Waals surface area contributed by atoms with Crippen molar-refractivity contribution in [3.63, 3.8) is 0 Å². The largest absolute Gasteiger partial charge is 0.447 e. The highest BCUT2D eigenvalue weighted by Gasteiger charge is 2.41. The van der Waals surface area contributed by atoms with Crippen molar-refractivity contribution >= 4 is 6.09 Å². The number of piperidine rings is 1. The summed E-state index contributed by atoms with van der Waals surface area (Å²) in [5.74, 6) is 0. The lowest BCUT2D eigenvalue weighted by molar-refractivity contribution is 0.126. The fourth-order valence-electron chi connectivity index (χ4n) is 2.24. The first-order valence-corrected chi connectivity index (χ1v) is 4.97. The lowest BCUT2D eigenvalue weighted by atomic mass is 9.91. The SMILES string of the molecule is C=C1CCC(CCO)N2C(=O)OCC12. The van der Waals surface area contributed by atoms with Gasteiger partial charge in [-0.15, -0.1) is 0 Å². The van der Waals surface area contributed by atoms with Crippen LogP contribution in [0, 0.1) is 0 Å². The number of rotatable bonds is 2. The maximum Gasteiger partial charge on any atom is 0.410 e. The maximum absolute atomic E-state index is 11.4. The van der Waals surface area contributed by atoms with E-state index in [1.54, 1.807) is 4.90 Å². The van der Waals surface area contributed by atoms with Gasteiger partial charge in [0.2, 0.25) is 0 Å².